The number of nitrogens with two attached hydrogens (primary N) is 1. The number of thioether (sulfide) groups is 1. The smallest absolute Gasteiger partial charge is 0.315 e. The summed E-state index contributed by atoms with van der Waals surface area (Å²) >= 11 is 1.90. The summed E-state index contributed by atoms with van der Waals surface area (Å²) in [5.74, 6) is 4.12. The molecule has 7 heteroatoms. The van der Waals surface area contributed by atoms with Crippen molar-refractivity contribution in [3.63, 3.8) is 0 Å². The Labute approximate surface area is 180 Å². The lowest BCUT2D eigenvalue weighted by molar-refractivity contribution is -0.118. The predicted octanol–water partition coefficient (Wildman–Crippen LogP) is 3.44. The number of urea groups is 1. The molecule has 3 amide bonds. The Kier molecular flexibility index (Phi) is 11.5. The van der Waals surface area contributed by atoms with Crippen molar-refractivity contribution in [3.8, 4) is 12.3 Å². The number of hydrogen-bond acceptors (Lipinski definition) is 4. The van der Waals surface area contributed by atoms with Gasteiger partial charge in [-0.2, -0.15) is 11.8 Å². The molecule has 0 aromatic rings. The maximum absolute atomic E-state index is 11.1. The highest BCUT2D eigenvalue weighted by atomic mass is 32.2. The van der Waals surface area contributed by atoms with E-state index in [1.54, 1.807) is 0 Å². The molecule has 0 spiro atoms. The van der Waals surface area contributed by atoms with Crippen LogP contribution in [0.3, 0.4) is 0 Å². The summed E-state index contributed by atoms with van der Waals surface area (Å²) in [6, 6.07) is 0.516. The molecule has 0 radical (unpaired) electrons. The first-order chi connectivity index (χ1) is 13.6. The lowest BCUT2D eigenvalue weighted by atomic mass is 10.0. The number of carbonyl (C=O) groups excluding carboxylic acids is 2. The Morgan fingerprint density at radius 1 is 1.38 bits per heavy atom. The summed E-state index contributed by atoms with van der Waals surface area (Å²) in [5.41, 5.74) is 5.02. The van der Waals surface area contributed by atoms with E-state index in [0.29, 0.717) is 23.6 Å². The van der Waals surface area contributed by atoms with Crippen molar-refractivity contribution in [1.82, 2.24) is 10.6 Å². The Morgan fingerprint density at radius 3 is 2.72 bits per heavy atom. The van der Waals surface area contributed by atoms with Crippen LogP contribution in [0.1, 0.15) is 72.6 Å². The summed E-state index contributed by atoms with van der Waals surface area (Å²) in [5, 5.41) is 6.35. The van der Waals surface area contributed by atoms with Crippen molar-refractivity contribution in [2.24, 2.45) is 11.7 Å². The predicted molar refractivity (Wildman–Crippen MR) is 121 cm³/mol. The average Bonchev–Trinajstić information content (AvgIpc) is 3.16. The second-order valence-electron chi connectivity index (χ2n) is 8.83. The van der Waals surface area contributed by atoms with Crippen LogP contribution in [0.5, 0.6) is 0 Å². The minimum absolute atomic E-state index is 0.0440. The fourth-order valence-electron chi connectivity index (χ4n) is 3.30. The van der Waals surface area contributed by atoms with Gasteiger partial charge in [-0.3, -0.25) is 4.79 Å². The number of carbonyl (C=O) groups is 2. The molecule has 0 unspecified atom stereocenters. The summed E-state index contributed by atoms with van der Waals surface area (Å²) in [6.07, 6.45) is 11.4. The van der Waals surface area contributed by atoms with Crippen LogP contribution >= 0.6 is 11.8 Å². The van der Waals surface area contributed by atoms with Gasteiger partial charge in [-0.15, -0.1) is 12.3 Å². The van der Waals surface area contributed by atoms with E-state index in [-0.39, 0.29) is 23.6 Å². The van der Waals surface area contributed by atoms with E-state index in [1.807, 2.05) is 11.8 Å². The minimum atomic E-state index is -0.229. The summed E-state index contributed by atoms with van der Waals surface area (Å²) in [7, 11) is 0. The van der Waals surface area contributed by atoms with Crippen molar-refractivity contribution >= 4 is 23.7 Å². The van der Waals surface area contributed by atoms with Crippen LogP contribution in [-0.4, -0.2) is 47.2 Å². The van der Waals surface area contributed by atoms with E-state index in [1.165, 1.54) is 0 Å². The lowest BCUT2D eigenvalue weighted by Crippen LogP contribution is -2.36. The second kappa shape index (κ2) is 13.0. The molecule has 0 aliphatic carbocycles. The van der Waals surface area contributed by atoms with Crippen LogP contribution in [0.4, 0.5) is 4.79 Å². The SMILES string of the molecule is C#CCCC(C)(C)OCCC(C)C.NC(=O)CCCC[C@H]1SC[C@H]2NC(=O)N[C@H]21. The van der Waals surface area contributed by atoms with Crippen molar-refractivity contribution < 1.29 is 14.3 Å². The Balaban J connectivity index is 0.000000298. The van der Waals surface area contributed by atoms with Crippen molar-refractivity contribution in [2.45, 2.75) is 95.6 Å². The van der Waals surface area contributed by atoms with Crippen molar-refractivity contribution in [3.05, 3.63) is 0 Å². The molecular weight excluding hydrogens is 386 g/mol. The monoisotopic (exact) mass is 425 g/mol. The van der Waals surface area contributed by atoms with Gasteiger partial charge in [0.25, 0.3) is 0 Å². The summed E-state index contributed by atoms with van der Waals surface area (Å²) in [4.78, 5) is 21.7. The third kappa shape index (κ3) is 10.8. The van der Waals surface area contributed by atoms with Crippen LogP contribution in [0.2, 0.25) is 0 Å². The van der Waals surface area contributed by atoms with Gasteiger partial charge in [-0.05, 0) is 45.4 Å². The fraction of sp³-hybridized carbons (Fsp3) is 0.818. The third-order valence-corrected chi connectivity index (χ3v) is 6.67. The highest BCUT2D eigenvalue weighted by Gasteiger charge is 2.42. The van der Waals surface area contributed by atoms with E-state index in [4.69, 9.17) is 16.9 Å². The first kappa shape index (κ1) is 25.6. The number of primary amides is 1. The number of hydrogen-bond donors (Lipinski definition) is 3. The number of amides is 3. The quantitative estimate of drug-likeness (QED) is 0.268. The van der Waals surface area contributed by atoms with Gasteiger partial charge in [0, 0.05) is 30.5 Å². The largest absolute Gasteiger partial charge is 0.376 e. The van der Waals surface area contributed by atoms with Gasteiger partial charge in [0.2, 0.25) is 5.91 Å². The first-order valence-electron chi connectivity index (χ1n) is 10.7. The molecule has 2 saturated heterocycles. The van der Waals surface area contributed by atoms with Crippen molar-refractivity contribution in [2.75, 3.05) is 12.4 Å². The molecule has 0 aromatic carbocycles. The zero-order chi connectivity index (χ0) is 21.9. The Bertz CT molecular complexity index is 560. The first-order valence-corrected chi connectivity index (χ1v) is 11.7. The van der Waals surface area contributed by atoms with E-state index in [0.717, 1.165) is 50.9 Å². The molecule has 0 saturated carbocycles. The van der Waals surface area contributed by atoms with E-state index < -0.39 is 0 Å². The van der Waals surface area contributed by atoms with Crippen molar-refractivity contribution in [1.29, 1.82) is 0 Å². The molecule has 2 aliphatic rings. The Hall–Kier alpha value is -1.39. The molecule has 2 heterocycles. The summed E-state index contributed by atoms with van der Waals surface area (Å²) in [6.45, 7) is 9.46. The topological polar surface area (TPSA) is 93.4 Å². The number of rotatable bonds is 11. The van der Waals surface area contributed by atoms with Gasteiger partial charge in [0.05, 0.1) is 17.7 Å². The van der Waals surface area contributed by atoms with Crippen LogP contribution in [-0.2, 0) is 9.53 Å². The number of ether oxygens (including phenoxy) is 1. The zero-order valence-electron chi connectivity index (χ0n) is 18.5. The van der Waals surface area contributed by atoms with Crippen LogP contribution in [0.25, 0.3) is 0 Å². The normalized spacial score (nSPS) is 22.9. The van der Waals surface area contributed by atoms with Gasteiger partial charge in [-0.1, -0.05) is 20.3 Å². The molecule has 166 valence electrons. The fourth-order valence-corrected chi connectivity index (χ4v) is 4.85. The molecular formula is C22H39N3O3S. The molecule has 2 rings (SSSR count). The highest BCUT2D eigenvalue weighted by molar-refractivity contribution is 8.00. The number of fused-ring (bicyclic) bond motifs is 1. The highest BCUT2D eigenvalue weighted by Crippen LogP contribution is 2.33. The van der Waals surface area contributed by atoms with Gasteiger partial charge >= 0.3 is 6.03 Å². The molecule has 3 atom stereocenters. The van der Waals surface area contributed by atoms with E-state index >= 15 is 0 Å². The van der Waals surface area contributed by atoms with Gasteiger partial charge in [-0.25, -0.2) is 4.79 Å². The van der Waals surface area contributed by atoms with Crippen LogP contribution < -0.4 is 16.4 Å². The molecule has 2 aliphatic heterocycles. The molecule has 0 aromatic heterocycles. The lowest BCUT2D eigenvalue weighted by Gasteiger charge is -2.24. The number of unbranched alkanes of at least 4 members (excludes halogenated alkanes) is 1. The molecule has 29 heavy (non-hydrogen) atoms. The molecule has 2 fully saturated rings. The van der Waals surface area contributed by atoms with Gasteiger partial charge in [0.1, 0.15) is 0 Å². The second-order valence-corrected chi connectivity index (χ2v) is 10.1. The number of nitrogens with one attached hydrogen (secondary N) is 2. The summed E-state index contributed by atoms with van der Waals surface area (Å²) < 4.78 is 5.75. The number of terminal acetylenes is 1. The van der Waals surface area contributed by atoms with Crippen LogP contribution in [0.15, 0.2) is 0 Å². The third-order valence-electron chi connectivity index (χ3n) is 5.16. The molecule has 0 bridgehead atoms. The Morgan fingerprint density at radius 2 is 2.10 bits per heavy atom. The van der Waals surface area contributed by atoms with E-state index in [9.17, 15) is 9.59 Å². The molecule has 4 N–H and O–H groups in total. The maximum atomic E-state index is 11.1. The standard InChI is InChI=1S/C12H22O.C10H17N3O2S/c1-6-7-9-12(4,5)13-10-8-11(2)3;11-8(14)4-2-1-3-7-9-6(5-16-7)12-10(15)13-9/h1,11H,7-10H2,2-5H3;6-7,9H,1-5H2,(H2,11,14)(H2,12,13,15)/t;6-,7-,9-/m.1/s1. The maximum Gasteiger partial charge on any atom is 0.315 e. The zero-order valence-corrected chi connectivity index (χ0v) is 19.3. The van der Waals surface area contributed by atoms with E-state index in [2.05, 4.69) is 44.2 Å². The van der Waals surface area contributed by atoms with Gasteiger partial charge in [0.15, 0.2) is 0 Å². The van der Waals surface area contributed by atoms with Gasteiger partial charge < -0.3 is 21.1 Å². The molecule has 6 nitrogen and oxygen atoms in total. The minimum Gasteiger partial charge on any atom is -0.376 e. The average molecular weight is 426 g/mol. The van der Waals surface area contributed by atoms with Crippen LogP contribution in [0, 0.1) is 18.3 Å².